The summed E-state index contributed by atoms with van der Waals surface area (Å²) < 4.78 is 5.68. The number of rotatable bonds is 6. The van der Waals surface area contributed by atoms with E-state index in [1.165, 1.54) is 17.5 Å². The van der Waals surface area contributed by atoms with Crippen LogP contribution in [0.4, 0.5) is 0 Å². The molecule has 3 nitrogen and oxygen atoms in total. The number of hydrogen-bond donors (Lipinski definition) is 2. The summed E-state index contributed by atoms with van der Waals surface area (Å²) in [6.07, 6.45) is 5.56. The summed E-state index contributed by atoms with van der Waals surface area (Å²) >= 11 is 0. The maximum absolute atomic E-state index is 5.71. The van der Waals surface area contributed by atoms with Crippen LogP contribution in [-0.4, -0.2) is 18.8 Å². The van der Waals surface area contributed by atoms with Gasteiger partial charge in [0.05, 0.1) is 5.60 Å². The Bertz CT molecular complexity index is 382. The summed E-state index contributed by atoms with van der Waals surface area (Å²) in [6, 6.07) is 8.78. The maximum atomic E-state index is 5.71. The van der Waals surface area contributed by atoms with E-state index >= 15 is 0 Å². The van der Waals surface area contributed by atoms with Gasteiger partial charge in [-0.15, -0.1) is 0 Å². The Morgan fingerprint density at radius 2 is 2.11 bits per heavy atom. The van der Waals surface area contributed by atoms with Crippen LogP contribution in [0, 0.1) is 6.92 Å². The molecule has 1 aromatic rings. The summed E-state index contributed by atoms with van der Waals surface area (Å²) in [5.74, 6) is 5.71. The van der Waals surface area contributed by atoms with Gasteiger partial charge in [0, 0.05) is 13.2 Å². The van der Waals surface area contributed by atoms with Crippen molar-refractivity contribution in [1.29, 1.82) is 0 Å². The summed E-state index contributed by atoms with van der Waals surface area (Å²) in [5.41, 5.74) is 5.72. The van der Waals surface area contributed by atoms with Crippen LogP contribution in [0.2, 0.25) is 0 Å². The van der Waals surface area contributed by atoms with Gasteiger partial charge in [0.1, 0.15) is 0 Å². The lowest BCUT2D eigenvalue weighted by atomic mass is 9.75. The largest absolute Gasteiger partial charge is 0.378 e. The number of hydrazine groups is 1. The molecular weight excluding hydrogens is 224 g/mol. The lowest BCUT2D eigenvalue weighted by Gasteiger charge is -2.42. The molecular formula is C15H24N2O. The third-order valence-corrected chi connectivity index (χ3v) is 4.28. The van der Waals surface area contributed by atoms with Gasteiger partial charge in [-0.05, 0) is 50.2 Å². The van der Waals surface area contributed by atoms with Gasteiger partial charge in [-0.2, -0.15) is 0 Å². The molecule has 3 N–H and O–H groups in total. The Hall–Kier alpha value is -0.900. The van der Waals surface area contributed by atoms with Crippen molar-refractivity contribution in [3.05, 3.63) is 35.4 Å². The molecule has 1 saturated carbocycles. The second-order valence-corrected chi connectivity index (χ2v) is 5.44. The molecule has 0 aliphatic heterocycles. The van der Waals surface area contributed by atoms with Crippen LogP contribution in [0.25, 0.3) is 0 Å². The standard InChI is InChI=1S/C15H24N2O/c1-12-6-3-4-7-13(12)10-14(17-16)11-15(18-2)8-5-9-15/h3-4,6-7,14,17H,5,8-11,16H2,1-2H3. The molecule has 1 unspecified atom stereocenters. The van der Waals surface area contributed by atoms with E-state index in [-0.39, 0.29) is 11.6 Å². The number of aryl methyl sites for hydroxylation is 1. The molecule has 0 saturated heterocycles. The molecule has 1 aromatic carbocycles. The Morgan fingerprint density at radius 1 is 1.39 bits per heavy atom. The van der Waals surface area contributed by atoms with Crippen molar-refractivity contribution in [3.8, 4) is 0 Å². The van der Waals surface area contributed by atoms with Crippen LogP contribution in [0.1, 0.15) is 36.8 Å². The zero-order valence-electron chi connectivity index (χ0n) is 11.4. The number of methoxy groups -OCH3 is 1. The van der Waals surface area contributed by atoms with Crippen molar-refractivity contribution in [2.24, 2.45) is 5.84 Å². The molecule has 1 atom stereocenters. The summed E-state index contributed by atoms with van der Waals surface area (Å²) in [5, 5.41) is 0. The Balaban J connectivity index is 1.99. The van der Waals surface area contributed by atoms with E-state index in [2.05, 4.69) is 36.6 Å². The first-order valence-electron chi connectivity index (χ1n) is 6.75. The van der Waals surface area contributed by atoms with E-state index in [1.54, 1.807) is 0 Å². The van der Waals surface area contributed by atoms with Crippen molar-refractivity contribution in [1.82, 2.24) is 5.43 Å². The molecule has 0 amide bonds. The number of nitrogens with one attached hydrogen (secondary N) is 1. The summed E-state index contributed by atoms with van der Waals surface area (Å²) in [4.78, 5) is 0. The highest BCUT2D eigenvalue weighted by Gasteiger charge is 2.38. The SMILES string of the molecule is COC1(CC(Cc2ccccc2C)NN)CCC1. The van der Waals surface area contributed by atoms with Crippen LogP contribution in [0.15, 0.2) is 24.3 Å². The van der Waals surface area contributed by atoms with Gasteiger partial charge in [0.2, 0.25) is 0 Å². The van der Waals surface area contributed by atoms with E-state index in [0.29, 0.717) is 0 Å². The van der Waals surface area contributed by atoms with Gasteiger partial charge < -0.3 is 4.74 Å². The molecule has 0 aromatic heterocycles. The van der Waals surface area contributed by atoms with Gasteiger partial charge in [-0.1, -0.05) is 24.3 Å². The van der Waals surface area contributed by atoms with Crippen LogP contribution >= 0.6 is 0 Å². The molecule has 3 heteroatoms. The molecule has 0 spiro atoms. The fourth-order valence-electron chi connectivity index (χ4n) is 2.81. The fourth-order valence-corrected chi connectivity index (χ4v) is 2.81. The van der Waals surface area contributed by atoms with Crippen LogP contribution in [0.3, 0.4) is 0 Å². The minimum absolute atomic E-state index is 0.0692. The number of hydrogen-bond acceptors (Lipinski definition) is 3. The third kappa shape index (κ3) is 2.91. The van der Waals surface area contributed by atoms with E-state index in [4.69, 9.17) is 10.6 Å². The first-order chi connectivity index (χ1) is 8.69. The zero-order valence-corrected chi connectivity index (χ0v) is 11.4. The van der Waals surface area contributed by atoms with Gasteiger partial charge in [0.25, 0.3) is 0 Å². The van der Waals surface area contributed by atoms with Crippen molar-refractivity contribution < 1.29 is 4.74 Å². The molecule has 0 heterocycles. The highest BCUT2D eigenvalue weighted by atomic mass is 16.5. The minimum atomic E-state index is 0.0692. The Kier molecular flexibility index (Phi) is 4.38. The minimum Gasteiger partial charge on any atom is -0.378 e. The molecule has 0 radical (unpaired) electrons. The molecule has 100 valence electrons. The highest BCUT2D eigenvalue weighted by Crippen LogP contribution is 2.39. The van der Waals surface area contributed by atoms with Gasteiger partial charge in [-0.25, -0.2) is 0 Å². The highest BCUT2D eigenvalue weighted by molar-refractivity contribution is 5.26. The normalized spacial score (nSPS) is 19.3. The van der Waals surface area contributed by atoms with E-state index in [9.17, 15) is 0 Å². The number of nitrogens with two attached hydrogens (primary N) is 1. The maximum Gasteiger partial charge on any atom is 0.0694 e. The summed E-state index contributed by atoms with van der Waals surface area (Å²) in [7, 11) is 1.82. The first kappa shape index (κ1) is 13.5. The number of benzene rings is 1. The van der Waals surface area contributed by atoms with E-state index in [1.807, 2.05) is 7.11 Å². The third-order valence-electron chi connectivity index (χ3n) is 4.28. The van der Waals surface area contributed by atoms with Crippen LogP contribution < -0.4 is 11.3 Å². The second kappa shape index (κ2) is 5.83. The lowest BCUT2D eigenvalue weighted by molar-refractivity contribution is -0.0834. The van der Waals surface area contributed by atoms with Gasteiger partial charge >= 0.3 is 0 Å². The zero-order chi connectivity index (χ0) is 13.0. The quantitative estimate of drug-likeness (QED) is 0.600. The predicted octanol–water partition coefficient (Wildman–Crippen LogP) is 2.33. The predicted molar refractivity (Wildman–Crippen MR) is 74.2 cm³/mol. The van der Waals surface area contributed by atoms with Crippen LogP contribution in [0.5, 0.6) is 0 Å². The lowest BCUT2D eigenvalue weighted by Crippen LogP contribution is -2.48. The smallest absolute Gasteiger partial charge is 0.0694 e. The second-order valence-electron chi connectivity index (χ2n) is 5.44. The van der Waals surface area contributed by atoms with Crippen molar-refractivity contribution in [2.45, 2.75) is 50.7 Å². The van der Waals surface area contributed by atoms with E-state index in [0.717, 1.165) is 25.7 Å². The molecule has 0 bridgehead atoms. The van der Waals surface area contributed by atoms with Crippen molar-refractivity contribution in [3.63, 3.8) is 0 Å². The van der Waals surface area contributed by atoms with Crippen molar-refractivity contribution in [2.75, 3.05) is 7.11 Å². The molecule has 18 heavy (non-hydrogen) atoms. The molecule has 2 rings (SSSR count). The first-order valence-corrected chi connectivity index (χ1v) is 6.75. The van der Waals surface area contributed by atoms with Gasteiger partial charge in [0.15, 0.2) is 0 Å². The Morgan fingerprint density at radius 3 is 2.61 bits per heavy atom. The molecule has 1 fully saturated rings. The topological polar surface area (TPSA) is 47.3 Å². The molecule has 1 aliphatic carbocycles. The van der Waals surface area contributed by atoms with Crippen molar-refractivity contribution >= 4 is 0 Å². The Labute approximate surface area is 110 Å². The summed E-state index contributed by atoms with van der Waals surface area (Å²) in [6.45, 7) is 2.15. The van der Waals surface area contributed by atoms with Crippen LogP contribution in [-0.2, 0) is 11.2 Å². The average molecular weight is 248 g/mol. The number of ether oxygens (including phenoxy) is 1. The average Bonchev–Trinajstić information content (AvgIpc) is 2.35. The fraction of sp³-hybridized carbons (Fsp3) is 0.600. The van der Waals surface area contributed by atoms with E-state index < -0.39 is 0 Å². The van der Waals surface area contributed by atoms with Gasteiger partial charge in [-0.3, -0.25) is 11.3 Å². The molecule has 1 aliphatic rings. The monoisotopic (exact) mass is 248 g/mol.